The van der Waals surface area contributed by atoms with E-state index in [0.29, 0.717) is 24.2 Å². The zero-order valence-electron chi connectivity index (χ0n) is 10.6. The highest BCUT2D eigenvalue weighted by molar-refractivity contribution is 6.31. The number of ether oxygens (including phenoxy) is 1. The Kier molecular flexibility index (Phi) is 3.44. The maximum atomic E-state index is 6.10. The third-order valence-corrected chi connectivity index (χ3v) is 3.70. The van der Waals surface area contributed by atoms with Crippen LogP contribution in [-0.4, -0.2) is 9.55 Å². The van der Waals surface area contributed by atoms with Crippen LogP contribution >= 0.6 is 11.6 Å². The first-order chi connectivity index (χ1) is 9.29. The van der Waals surface area contributed by atoms with Crippen LogP contribution in [0.15, 0.2) is 30.7 Å². The molecule has 1 aliphatic rings. The van der Waals surface area contributed by atoms with E-state index in [9.17, 15) is 0 Å². The van der Waals surface area contributed by atoms with Crippen LogP contribution < -0.4 is 10.5 Å². The molecule has 2 aromatic rings. The van der Waals surface area contributed by atoms with Crippen LogP contribution in [0.2, 0.25) is 5.02 Å². The number of halogens is 1. The van der Waals surface area contributed by atoms with Crippen molar-refractivity contribution in [3.63, 3.8) is 0 Å². The summed E-state index contributed by atoms with van der Waals surface area (Å²) >= 11 is 6.10. The molecule has 0 atom stereocenters. The van der Waals surface area contributed by atoms with Crippen molar-refractivity contribution in [2.45, 2.75) is 32.0 Å². The maximum absolute atomic E-state index is 6.10. The molecule has 1 saturated carbocycles. The quantitative estimate of drug-likeness (QED) is 0.914. The monoisotopic (exact) mass is 277 g/mol. The molecule has 3 rings (SSSR count). The van der Waals surface area contributed by atoms with Gasteiger partial charge in [0.2, 0.25) is 0 Å². The lowest BCUT2D eigenvalue weighted by Gasteiger charge is -2.12. The van der Waals surface area contributed by atoms with E-state index in [-0.39, 0.29) is 0 Å². The minimum Gasteiger partial charge on any atom is -0.487 e. The van der Waals surface area contributed by atoms with Gasteiger partial charge in [-0.1, -0.05) is 17.7 Å². The summed E-state index contributed by atoms with van der Waals surface area (Å²) in [5, 5.41) is 0.649. The van der Waals surface area contributed by atoms with Crippen molar-refractivity contribution in [3.05, 3.63) is 47.0 Å². The fourth-order valence-corrected chi connectivity index (χ4v) is 2.39. The Morgan fingerprint density at radius 3 is 3.00 bits per heavy atom. The smallest absolute Gasteiger partial charge is 0.130 e. The highest BCUT2D eigenvalue weighted by atomic mass is 35.5. The second-order valence-electron chi connectivity index (χ2n) is 4.73. The number of nitrogens with zero attached hydrogens (tertiary/aromatic N) is 2. The number of aromatic nitrogens is 2. The molecule has 1 aromatic carbocycles. The molecule has 19 heavy (non-hydrogen) atoms. The number of nitrogens with two attached hydrogens (primary N) is 1. The minimum absolute atomic E-state index is 0.372. The average Bonchev–Trinajstić information content (AvgIpc) is 3.15. The Morgan fingerprint density at radius 2 is 2.26 bits per heavy atom. The second-order valence-corrected chi connectivity index (χ2v) is 5.14. The van der Waals surface area contributed by atoms with Gasteiger partial charge in [-0.2, -0.15) is 0 Å². The average molecular weight is 278 g/mol. The van der Waals surface area contributed by atoms with E-state index < -0.39 is 0 Å². The lowest BCUT2D eigenvalue weighted by atomic mass is 10.2. The van der Waals surface area contributed by atoms with Crippen LogP contribution in [0.1, 0.15) is 30.1 Å². The number of imidazole rings is 1. The molecule has 5 heteroatoms. The lowest BCUT2D eigenvalue weighted by molar-refractivity contribution is 0.292. The summed E-state index contributed by atoms with van der Waals surface area (Å²) in [7, 11) is 0. The highest BCUT2D eigenvalue weighted by Crippen LogP contribution is 2.36. The summed E-state index contributed by atoms with van der Waals surface area (Å²) in [5.74, 6) is 0.749. The topological polar surface area (TPSA) is 53.1 Å². The molecule has 1 aliphatic carbocycles. The zero-order valence-corrected chi connectivity index (χ0v) is 11.3. The van der Waals surface area contributed by atoms with Crippen molar-refractivity contribution in [1.29, 1.82) is 0 Å². The van der Waals surface area contributed by atoms with Crippen LogP contribution in [0.25, 0.3) is 0 Å². The standard InChI is InChI=1S/C14H16ClN3O/c15-13-2-1-3-14(12(13)6-16)19-8-11-7-17-9-18(11)10-4-5-10/h1-3,7,9-10H,4-6,8,16H2. The summed E-state index contributed by atoms with van der Waals surface area (Å²) in [5.41, 5.74) is 7.64. The maximum Gasteiger partial charge on any atom is 0.130 e. The molecule has 0 spiro atoms. The van der Waals surface area contributed by atoms with E-state index in [1.165, 1.54) is 12.8 Å². The SMILES string of the molecule is NCc1c(Cl)cccc1OCc1cncn1C1CC1. The van der Waals surface area contributed by atoms with Gasteiger partial charge in [-0.15, -0.1) is 0 Å². The first kappa shape index (κ1) is 12.5. The summed E-state index contributed by atoms with van der Waals surface area (Å²) in [6.07, 6.45) is 6.19. The molecule has 0 amide bonds. The molecule has 0 saturated heterocycles. The van der Waals surface area contributed by atoms with Crippen LogP contribution in [0.4, 0.5) is 0 Å². The van der Waals surface area contributed by atoms with E-state index in [4.69, 9.17) is 22.1 Å². The molecular formula is C14H16ClN3O. The Morgan fingerprint density at radius 1 is 1.42 bits per heavy atom. The molecule has 0 unspecified atom stereocenters. The van der Waals surface area contributed by atoms with Crippen LogP contribution in [0.5, 0.6) is 5.75 Å². The van der Waals surface area contributed by atoms with Crippen molar-refractivity contribution in [3.8, 4) is 5.75 Å². The van der Waals surface area contributed by atoms with Gasteiger partial charge in [0.05, 0.1) is 18.2 Å². The van der Waals surface area contributed by atoms with Crippen molar-refractivity contribution in [2.24, 2.45) is 5.73 Å². The lowest BCUT2D eigenvalue weighted by Crippen LogP contribution is -2.06. The van der Waals surface area contributed by atoms with Gasteiger partial charge in [-0.3, -0.25) is 0 Å². The molecular weight excluding hydrogens is 262 g/mol. The fourth-order valence-electron chi connectivity index (χ4n) is 2.15. The normalized spacial score (nSPS) is 14.6. The van der Waals surface area contributed by atoms with E-state index in [2.05, 4.69) is 9.55 Å². The van der Waals surface area contributed by atoms with Crippen LogP contribution in [0.3, 0.4) is 0 Å². The van der Waals surface area contributed by atoms with E-state index in [1.54, 1.807) is 0 Å². The Balaban J connectivity index is 1.75. The third-order valence-electron chi connectivity index (χ3n) is 3.34. The molecule has 0 aliphatic heterocycles. The Bertz CT molecular complexity index is 578. The van der Waals surface area contributed by atoms with Gasteiger partial charge in [-0.25, -0.2) is 4.98 Å². The molecule has 1 aromatic heterocycles. The first-order valence-electron chi connectivity index (χ1n) is 6.40. The second kappa shape index (κ2) is 5.23. The van der Waals surface area contributed by atoms with E-state index in [0.717, 1.165) is 17.0 Å². The van der Waals surface area contributed by atoms with Gasteiger partial charge in [-0.05, 0) is 25.0 Å². The van der Waals surface area contributed by atoms with Gasteiger partial charge in [0.25, 0.3) is 0 Å². The molecule has 1 heterocycles. The molecule has 2 N–H and O–H groups in total. The van der Waals surface area contributed by atoms with Crippen molar-refractivity contribution in [2.75, 3.05) is 0 Å². The number of hydrogen-bond donors (Lipinski definition) is 1. The van der Waals surface area contributed by atoms with E-state index >= 15 is 0 Å². The predicted octanol–water partition coefficient (Wildman–Crippen LogP) is 2.91. The van der Waals surface area contributed by atoms with Gasteiger partial charge < -0.3 is 15.0 Å². The summed E-state index contributed by atoms with van der Waals surface area (Å²) in [6.45, 7) is 0.862. The summed E-state index contributed by atoms with van der Waals surface area (Å²) in [4.78, 5) is 4.19. The summed E-state index contributed by atoms with van der Waals surface area (Å²) in [6, 6.07) is 6.20. The number of benzene rings is 1. The van der Waals surface area contributed by atoms with Crippen LogP contribution in [-0.2, 0) is 13.2 Å². The predicted molar refractivity (Wildman–Crippen MR) is 74.2 cm³/mol. The largest absolute Gasteiger partial charge is 0.487 e. The van der Waals surface area contributed by atoms with Crippen molar-refractivity contribution in [1.82, 2.24) is 9.55 Å². The fraction of sp³-hybridized carbons (Fsp3) is 0.357. The van der Waals surface area contributed by atoms with Gasteiger partial charge in [0.15, 0.2) is 0 Å². The van der Waals surface area contributed by atoms with Gasteiger partial charge in [0, 0.05) is 23.2 Å². The first-order valence-corrected chi connectivity index (χ1v) is 6.78. The molecule has 0 bridgehead atoms. The molecule has 0 radical (unpaired) electrons. The zero-order chi connectivity index (χ0) is 13.2. The summed E-state index contributed by atoms with van der Waals surface area (Å²) < 4.78 is 8.03. The highest BCUT2D eigenvalue weighted by Gasteiger charge is 2.25. The Labute approximate surface area is 117 Å². The van der Waals surface area contributed by atoms with Crippen molar-refractivity contribution >= 4 is 11.6 Å². The number of rotatable bonds is 5. The molecule has 4 nitrogen and oxygen atoms in total. The minimum atomic E-state index is 0.372. The molecule has 100 valence electrons. The molecule has 1 fully saturated rings. The van der Waals surface area contributed by atoms with Crippen LogP contribution in [0, 0.1) is 0 Å². The van der Waals surface area contributed by atoms with E-state index in [1.807, 2.05) is 30.7 Å². The third kappa shape index (κ3) is 2.60. The Hall–Kier alpha value is -1.52. The number of hydrogen-bond acceptors (Lipinski definition) is 3. The van der Waals surface area contributed by atoms with Gasteiger partial charge in [0.1, 0.15) is 12.4 Å². The van der Waals surface area contributed by atoms with Crippen molar-refractivity contribution < 1.29 is 4.74 Å². The van der Waals surface area contributed by atoms with Gasteiger partial charge >= 0.3 is 0 Å².